The number of nitrogen functional groups attached to an aromatic ring is 1. The van der Waals surface area contributed by atoms with E-state index in [0.29, 0.717) is 11.6 Å². The number of carbonyl (C=O) groups is 1. The van der Waals surface area contributed by atoms with Crippen LogP contribution in [0.4, 0.5) is 11.8 Å². The number of aromatic nitrogens is 5. The summed E-state index contributed by atoms with van der Waals surface area (Å²) in [5.41, 5.74) is 7.08. The zero-order valence-corrected chi connectivity index (χ0v) is 15.0. The van der Waals surface area contributed by atoms with Crippen LogP contribution >= 0.6 is 0 Å². The molecule has 1 amide bonds. The Kier molecular flexibility index (Phi) is 4.44. The topological polar surface area (TPSA) is 106 Å². The molecule has 0 atom stereocenters. The lowest BCUT2D eigenvalue weighted by molar-refractivity contribution is 0.0787. The Labute approximate surface area is 152 Å². The Hall–Kier alpha value is -2.71. The molecule has 0 unspecified atom stereocenters. The fourth-order valence-electron chi connectivity index (χ4n) is 3.73. The lowest BCUT2D eigenvalue weighted by Crippen LogP contribution is -2.35. The number of piperidine rings is 1. The molecule has 26 heavy (non-hydrogen) atoms. The molecular weight excluding hydrogens is 332 g/mol. The van der Waals surface area contributed by atoms with Gasteiger partial charge in [-0.1, -0.05) is 5.21 Å². The Morgan fingerprint density at radius 1 is 1.15 bits per heavy atom. The van der Waals surface area contributed by atoms with Crippen LogP contribution in [0.1, 0.15) is 47.9 Å². The molecule has 0 spiro atoms. The summed E-state index contributed by atoms with van der Waals surface area (Å²) in [5.74, 6) is 1.18. The maximum absolute atomic E-state index is 12.4. The van der Waals surface area contributed by atoms with E-state index in [0.717, 1.165) is 63.4 Å². The van der Waals surface area contributed by atoms with E-state index in [2.05, 4.69) is 25.2 Å². The van der Waals surface area contributed by atoms with Crippen molar-refractivity contribution in [1.29, 1.82) is 0 Å². The van der Waals surface area contributed by atoms with Gasteiger partial charge in [-0.25, -0.2) is 9.67 Å². The highest BCUT2D eigenvalue weighted by atomic mass is 16.2. The molecule has 2 aliphatic rings. The number of anilines is 2. The van der Waals surface area contributed by atoms with Gasteiger partial charge in [0.25, 0.3) is 5.91 Å². The van der Waals surface area contributed by atoms with Gasteiger partial charge in [-0.3, -0.25) is 4.79 Å². The molecule has 0 bridgehead atoms. The number of hydrogen-bond acceptors (Lipinski definition) is 7. The Morgan fingerprint density at radius 3 is 2.58 bits per heavy atom. The molecule has 9 nitrogen and oxygen atoms in total. The van der Waals surface area contributed by atoms with Gasteiger partial charge in [-0.05, 0) is 32.6 Å². The number of likely N-dealkylation sites (tertiary alicyclic amines) is 1. The van der Waals surface area contributed by atoms with Crippen molar-refractivity contribution < 1.29 is 4.79 Å². The molecule has 2 aromatic heterocycles. The second kappa shape index (κ2) is 6.89. The van der Waals surface area contributed by atoms with E-state index < -0.39 is 0 Å². The molecule has 0 aromatic carbocycles. The molecule has 0 aliphatic carbocycles. The first-order chi connectivity index (χ1) is 12.6. The van der Waals surface area contributed by atoms with Gasteiger partial charge < -0.3 is 15.5 Å². The van der Waals surface area contributed by atoms with Crippen molar-refractivity contribution in [1.82, 2.24) is 29.9 Å². The average molecular weight is 356 g/mol. The van der Waals surface area contributed by atoms with Crippen molar-refractivity contribution in [2.75, 3.05) is 36.8 Å². The van der Waals surface area contributed by atoms with Gasteiger partial charge in [0.15, 0.2) is 5.69 Å². The van der Waals surface area contributed by atoms with Crippen molar-refractivity contribution >= 4 is 17.7 Å². The second-order valence-electron chi connectivity index (χ2n) is 7.03. The highest BCUT2D eigenvalue weighted by Gasteiger charge is 2.26. The number of aryl methyl sites for hydroxylation is 1. The molecule has 2 fully saturated rings. The van der Waals surface area contributed by atoms with Crippen molar-refractivity contribution in [2.24, 2.45) is 0 Å². The van der Waals surface area contributed by atoms with Crippen LogP contribution in [-0.4, -0.2) is 61.9 Å². The third kappa shape index (κ3) is 3.33. The number of nitrogens with zero attached hydrogens (tertiary/aromatic N) is 7. The molecule has 138 valence electrons. The first-order valence-electron chi connectivity index (χ1n) is 9.17. The van der Waals surface area contributed by atoms with E-state index in [1.54, 1.807) is 6.20 Å². The second-order valence-corrected chi connectivity index (χ2v) is 7.03. The van der Waals surface area contributed by atoms with E-state index >= 15 is 0 Å². The van der Waals surface area contributed by atoms with Crippen LogP contribution < -0.4 is 10.6 Å². The van der Waals surface area contributed by atoms with E-state index in [1.807, 2.05) is 22.6 Å². The fraction of sp³-hybridized carbons (Fsp3) is 0.588. The van der Waals surface area contributed by atoms with Crippen LogP contribution in [0.3, 0.4) is 0 Å². The minimum absolute atomic E-state index is 0.00174. The van der Waals surface area contributed by atoms with Crippen LogP contribution in [0.5, 0.6) is 0 Å². The molecule has 9 heteroatoms. The minimum atomic E-state index is -0.00174. The van der Waals surface area contributed by atoms with Crippen LogP contribution in [0.2, 0.25) is 0 Å². The van der Waals surface area contributed by atoms with Gasteiger partial charge in [0.05, 0.1) is 12.2 Å². The number of hydrogen-bond donors (Lipinski definition) is 1. The van der Waals surface area contributed by atoms with Gasteiger partial charge in [-0.15, -0.1) is 5.10 Å². The summed E-state index contributed by atoms with van der Waals surface area (Å²) in [6.45, 7) is 5.28. The lowest BCUT2D eigenvalue weighted by Gasteiger charge is -2.32. The molecule has 2 N–H and O–H groups in total. The van der Waals surface area contributed by atoms with Crippen molar-refractivity contribution in [2.45, 2.75) is 38.6 Å². The number of nitrogens with two attached hydrogens (primary N) is 1. The summed E-state index contributed by atoms with van der Waals surface area (Å²) in [6.07, 6.45) is 5.79. The monoisotopic (exact) mass is 356 g/mol. The van der Waals surface area contributed by atoms with Crippen molar-refractivity contribution in [3.8, 4) is 0 Å². The predicted octanol–water partition coefficient (Wildman–Crippen LogP) is 1.04. The molecule has 2 aromatic rings. The molecule has 4 heterocycles. The molecule has 0 saturated carbocycles. The normalized spacial score (nSPS) is 18.5. The molecule has 0 radical (unpaired) electrons. The van der Waals surface area contributed by atoms with Crippen LogP contribution in [0, 0.1) is 6.92 Å². The van der Waals surface area contributed by atoms with Gasteiger partial charge in [0.2, 0.25) is 5.95 Å². The lowest BCUT2D eigenvalue weighted by atomic mass is 10.1. The zero-order chi connectivity index (χ0) is 18.1. The van der Waals surface area contributed by atoms with Gasteiger partial charge in [0.1, 0.15) is 5.82 Å². The minimum Gasteiger partial charge on any atom is -0.368 e. The Bertz CT molecular complexity index is 770. The van der Waals surface area contributed by atoms with Gasteiger partial charge >= 0.3 is 0 Å². The van der Waals surface area contributed by atoms with Crippen LogP contribution in [-0.2, 0) is 0 Å². The molecule has 2 aliphatic heterocycles. The van der Waals surface area contributed by atoms with E-state index in [-0.39, 0.29) is 11.9 Å². The van der Waals surface area contributed by atoms with Crippen LogP contribution in [0.25, 0.3) is 0 Å². The van der Waals surface area contributed by atoms with Crippen molar-refractivity contribution in [3.63, 3.8) is 0 Å². The third-order valence-corrected chi connectivity index (χ3v) is 5.14. The quantitative estimate of drug-likeness (QED) is 0.875. The van der Waals surface area contributed by atoms with Crippen LogP contribution in [0.15, 0.2) is 12.3 Å². The fourth-order valence-corrected chi connectivity index (χ4v) is 3.73. The average Bonchev–Trinajstić information content (AvgIpc) is 3.32. The summed E-state index contributed by atoms with van der Waals surface area (Å²) >= 11 is 0. The maximum atomic E-state index is 12.4. The number of carbonyl (C=O) groups excluding carboxylic acids is 1. The number of rotatable bonds is 3. The molecule has 2 saturated heterocycles. The predicted molar refractivity (Wildman–Crippen MR) is 96.8 cm³/mol. The van der Waals surface area contributed by atoms with E-state index in [1.165, 1.54) is 0 Å². The summed E-state index contributed by atoms with van der Waals surface area (Å²) in [7, 11) is 0. The summed E-state index contributed by atoms with van der Waals surface area (Å²) in [4.78, 5) is 25.0. The smallest absolute Gasteiger partial charge is 0.276 e. The maximum Gasteiger partial charge on any atom is 0.276 e. The molecular formula is C17H24N8O. The number of amides is 1. The zero-order valence-electron chi connectivity index (χ0n) is 15.0. The van der Waals surface area contributed by atoms with Crippen molar-refractivity contribution in [3.05, 3.63) is 23.7 Å². The van der Waals surface area contributed by atoms with Gasteiger partial charge in [-0.2, -0.15) is 4.98 Å². The summed E-state index contributed by atoms with van der Waals surface area (Å²) in [6, 6.07) is 2.21. The first kappa shape index (κ1) is 16.7. The SMILES string of the molecule is Cc1cc(N2CCC(n3cc(C(=O)N4CCCC4)nn3)CC2)nc(N)n1. The Balaban J connectivity index is 1.39. The highest BCUT2D eigenvalue weighted by molar-refractivity contribution is 5.92. The molecule has 4 rings (SSSR count). The van der Waals surface area contributed by atoms with Gasteiger partial charge in [0, 0.05) is 37.9 Å². The van der Waals surface area contributed by atoms with E-state index in [4.69, 9.17) is 5.73 Å². The standard InChI is InChI=1S/C17H24N8O/c1-12-10-15(20-17(18)19-12)23-8-4-13(5-9-23)25-11-14(21-22-25)16(26)24-6-2-3-7-24/h10-11,13H,2-9H2,1H3,(H2,18,19,20). The van der Waals surface area contributed by atoms with E-state index in [9.17, 15) is 4.79 Å². The first-order valence-corrected chi connectivity index (χ1v) is 9.17. The third-order valence-electron chi connectivity index (χ3n) is 5.14. The summed E-state index contributed by atoms with van der Waals surface area (Å²) in [5, 5.41) is 8.32. The Morgan fingerprint density at radius 2 is 1.88 bits per heavy atom. The largest absolute Gasteiger partial charge is 0.368 e. The highest BCUT2D eigenvalue weighted by Crippen LogP contribution is 2.25. The summed E-state index contributed by atoms with van der Waals surface area (Å²) < 4.78 is 1.85.